The molecule has 26 heavy (non-hydrogen) atoms. The summed E-state index contributed by atoms with van der Waals surface area (Å²) in [4.78, 5) is 26.4. The van der Waals surface area contributed by atoms with E-state index in [4.69, 9.17) is 35.4 Å². The maximum absolute atomic E-state index is 12.3. The van der Waals surface area contributed by atoms with Crippen LogP contribution in [0, 0.1) is 0 Å². The molecule has 4 nitrogen and oxygen atoms in total. The molecule has 3 rings (SSSR count). The number of halogens is 2. The minimum atomic E-state index is -0.291. The minimum Gasteiger partial charge on any atom is -0.321 e. The Balaban J connectivity index is 1.74. The van der Waals surface area contributed by atoms with Crippen LogP contribution in [0.25, 0.3) is 6.08 Å². The monoisotopic (exact) mass is 422 g/mol. The van der Waals surface area contributed by atoms with Crippen molar-refractivity contribution in [1.82, 2.24) is 4.90 Å². The van der Waals surface area contributed by atoms with E-state index in [2.05, 4.69) is 5.32 Å². The highest BCUT2D eigenvalue weighted by atomic mass is 35.5. The minimum absolute atomic E-state index is 0.126. The number of amides is 2. The number of nitrogens with zero attached hydrogens (tertiary/aromatic N) is 1. The van der Waals surface area contributed by atoms with Gasteiger partial charge in [0.2, 0.25) is 0 Å². The van der Waals surface area contributed by atoms with Crippen molar-refractivity contribution in [3.05, 3.63) is 68.5 Å². The molecule has 1 aliphatic heterocycles. The van der Waals surface area contributed by atoms with Gasteiger partial charge in [0, 0.05) is 17.6 Å². The van der Waals surface area contributed by atoms with E-state index in [1.807, 2.05) is 0 Å². The predicted molar refractivity (Wildman–Crippen MR) is 112 cm³/mol. The van der Waals surface area contributed by atoms with E-state index in [0.29, 0.717) is 30.5 Å². The van der Waals surface area contributed by atoms with Gasteiger partial charge in [-0.3, -0.25) is 14.5 Å². The van der Waals surface area contributed by atoms with Crippen LogP contribution >= 0.6 is 47.2 Å². The molecule has 2 aromatic rings. The van der Waals surface area contributed by atoms with Crippen molar-refractivity contribution in [1.29, 1.82) is 0 Å². The van der Waals surface area contributed by atoms with Gasteiger partial charge in [0.25, 0.3) is 11.8 Å². The number of thioether (sulfide) groups is 1. The van der Waals surface area contributed by atoms with E-state index in [0.717, 1.165) is 5.56 Å². The van der Waals surface area contributed by atoms with Crippen molar-refractivity contribution in [3.63, 3.8) is 0 Å². The quantitative estimate of drug-likeness (QED) is 0.553. The van der Waals surface area contributed by atoms with E-state index in [1.165, 1.54) is 16.7 Å². The molecule has 0 aliphatic carbocycles. The fourth-order valence-corrected chi connectivity index (χ4v) is 3.85. The molecule has 0 spiro atoms. The first-order chi connectivity index (χ1) is 12.3. The van der Waals surface area contributed by atoms with Crippen molar-refractivity contribution in [2.24, 2.45) is 0 Å². The van der Waals surface area contributed by atoms with Crippen molar-refractivity contribution in [3.8, 4) is 0 Å². The van der Waals surface area contributed by atoms with Crippen LogP contribution in [-0.2, 0) is 4.79 Å². The lowest BCUT2D eigenvalue weighted by molar-refractivity contribution is -0.121. The summed E-state index contributed by atoms with van der Waals surface area (Å²) >= 11 is 18.3. The number of carbonyl (C=O) groups is 2. The predicted octanol–water partition coefficient (Wildman–Crippen LogP) is 5.08. The van der Waals surface area contributed by atoms with Gasteiger partial charge in [-0.2, -0.15) is 0 Å². The lowest BCUT2D eigenvalue weighted by Crippen LogP contribution is -2.22. The number of nitrogens with one attached hydrogen (secondary N) is 1. The average Bonchev–Trinajstić information content (AvgIpc) is 2.85. The fraction of sp³-hybridized carbons (Fsp3) is 0.0556. The van der Waals surface area contributed by atoms with Crippen LogP contribution in [0.5, 0.6) is 0 Å². The SMILES string of the molecule is CN1C(=O)/C(=C/c2ccc(C(=O)Nc3ccc(Cl)cc3Cl)cc2)SC1=S. The standard InChI is InChI=1S/C18H12Cl2N2O2S2/c1-22-17(24)15(26-18(22)25)8-10-2-4-11(5-3-10)16(23)21-14-7-6-12(19)9-13(14)20/h2-9H,1H3,(H,21,23)/b15-8-. The van der Waals surface area contributed by atoms with Gasteiger partial charge in [-0.05, 0) is 42.0 Å². The molecule has 0 radical (unpaired) electrons. The van der Waals surface area contributed by atoms with Crippen LogP contribution in [0.2, 0.25) is 10.0 Å². The molecule has 132 valence electrons. The van der Waals surface area contributed by atoms with E-state index in [9.17, 15) is 9.59 Å². The summed E-state index contributed by atoms with van der Waals surface area (Å²) in [5.74, 6) is -0.417. The number of hydrogen-bond acceptors (Lipinski definition) is 4. The molecule has 1 N–H and O–H groups in total. The molecule has 0 bridgehead atoms. The lowest BCUT2D eigenvalue weighted by Gasteiger charge is -2.08. The van der Waals surface area contributed by atoms with E-state index >= 15 is 0 Å². The molecule has 0 unspecified atom stereocenters. The maximum Gasteiger partial charge on any atom is 0.265 e. The van der Waals surface area contributed by atoms with Crippen LogP contribution < -0.4 is 5.32 Å². The Bertz CT molecular complexity index is 943. The first-order valence-electron chi connectivity index (χ1n) is 7.43. The lowest BCUT2D eigenvalue weighted by atomic mass is 10.1. The Morgan fingerprint density at radius 3 is 2.46 bits per heavy atom. The zero-order chi connectivity index (χ0) is 18.8. The number of likely N-dealkylation sites (N-methyl/N-ethyl adjacent to an activating group) is 1. The van der Waals surface area contributed by atoms with Crippen LogP contribution in [0.4, 0.5) is 5.69 Å². The zero-order valence-electron chi connectivity index (χ0n) is 13.5. The van der Waals surface area contributed by atoms with Gasteiger partial charge >= 0.3 is 0 Å². The van der Waals surface area contributed by atoms with Gasteiger partial charge in [0.15, 0.2) is 0 Å². The summed E-state index contributed by atoms with van der Waals surface area (Å²) in [6.45, 7) is 0. The molecule has 2 aromatic carbocycles. The van der Waals surface area contributed by atoms with Crippen molar-refractivity contribution in [2.75, 3.05) is 12.4 Å². The Labute approximate surface area is 170 Å². The first-order valence-corrected chi connectivity index (χ1v) is 9.41. The van der Waals surface area contributed by atoms with Gasteiger partial charge in [0.05, 0.1) is 15.6 Å². The van der Waals surface area contributed by atoms with Crippen molar-refractivity contribution >= 4 is 75.1 Å². The van der Waals surface area contributed by atoms with E-state index in [1.54, 1.807) is 55.6 Å². The highest BCUT2D eigenvalue weighted by molar-refractivity contribution is 8.26. The summed E-state index contributed by atoms with van der Waals surface area (Å²) in [6.07, 6.45) is 1.75. The van der Waals surface area contributed by atoms with Crippen LogP contribution in [0.15, 0.2) is 47.4 Å². The first kappa shape index (κ1) is 18.9. The molecule has 0 saturated carbocycles. The third-order valence-corrected chi connectivity index (χ3v) is 5.67. The van der Waals surface area contributed by atoms with Gasteiger partial charge in [-0.1, -0.05) is 59.3 Å². The number of rotatable bonds is 3. The second-order valence-corrected chi connectivity index (χ2v) is 7.96. The topological polar surface area (TPSA) is 49.4 Å². The molecule has 2 amide bonds. The molecule has 8 heteroatoms. The van der Waals surface area contributed by atoms with Gasteiger partial charge in [-0.25, -0.2) is 0 Å². The molecule has 1 aliphatic rings. The highest BCUT2D eigenvalue weighted by Crippen LogP contribution is 2.31. The summed E-state index contributed by atoms with van der Waals surface area (Å²) in [6, 6.07) is 11.7. The smallest absolute Gasteiger partial charge is 0.265 e. The summed E-state index contributed by atoms with van der Waals surface area (Å²) in [5.41, 5.74) is 1.76. The normalized spacial score (nSPS) is 15.7. The Kier molecular flexibility index (Phi) is 5.67. The summed E-state index contributed by atoms with van der Waals surface area (Å²) in [5, 5.41) is 3.60. The number of thiocarbonyl (C=S) groups is 1. The molecule has 1 saturated heterocycles. The largest absolute Gasteiger partial charge is 0.321 e. The number of carbonyl (C=O) groups excluding carboxylic acids is 2. The zero-order valence-corrected chi connectivity index (χ0v) is 16.6. The van der Waals surface area contributed by atoms with Crippen LogP contribution in [0.3, 0.4) is 0 Å². The second-order valence-electron chi connectivity index (χ2n) is 5.44. The number of hydrogen-bond donors (Lipinski definition) is 1. The molecule has 1 heterocycles. The third-order valence-electron chi connectivity index (χ3n) is 3.64. The van der Waals surface area contributed by atoms with E-state index < -0.39 is 0 Å². The average molecular weight is 423 g/mol. The van der Waals surface area contributed by atoms with E-state index in [-0.39, 0.29) is 11.8 Å². The second kappa shape index (κ2) is 7.80. The highest BCUT2D eigenvalue weighted by Gasteiger charge is 2.28. The van der Waals surface area contributed by atoms with Crippen LogP contribution in [-0.4, -0.2) is 28.1 Å². The van der Waals surface area contributed by atoms with Gasteiger partial charge in [0.1, 0.15) is 4.32 Å². The van der Waals surface area contributed by atoms with Crippen LogP contribution in [0.1, 0.15) is 15.9 Å². The maximum atomic E-state index is 12.3. The van der Waals surface area contributed by atoms with Gasteiger partial charge in [-0.15, -0.1) is 0 Å². The number of anilines is 1. The Morgan fingerprint density at radius 2 is 1.88 bits per heavy atom. The Morgan fingerprint density at radius 1 is 1.19 bits per heavy atom. The molecule has 1 fully saturated rings. The Hall–Kier alpha value is -1.86. The van der Waals surface area contributed by atoms with Gasteiger partial charge < -0.3 is 5.32 Å². The summed E-state index contributed by atoms with van der Waals surface area (Å²) in [7, 11) is 1.65. The molecular weight excluding hydrogens is 411 g/mol. The van der Waals surface area contributed by atoms with Crippen molar-refractivity contribution < 1.29 is 9.59 Å². The fourth-order valence-electron chi connectivity index (χ4n) is 2.21. The number of benzene rings is 2. The molecular formula is C18H12Cl2N2O2S2. The molecule has 0 aromatic heterocycles. The van der Waals surface area contributed by atoms with Crippen molar-refractivity contribution in [2.45, 2.75) is 0 Å². The third kappa shape index (κ3) is 4.10. The molecule has 0 atom stereocenters. The summed E-state index contributed by atoms with van der Waals surface area (Å²) < 4.78 is 0.525.